The minimum atomic E-state index is -1.64. The summed E-state index contributed by atoms with van der Waals surface area (Å²) in [7, 11) is 0. The summed E-state index contributed by atoms with van der Waals surface area (Å²) in [6.45, 7) is 5.19. The average Bonchev–Trinajstić information content (AvgIpc) is 2.77. The van der Waals surface area contributed by atoms with E-state index in [1.807, 2.05) is 24.0 Å². The molecule has 1 saturated heterocycles. The fourth-order valence-electron chi connectivity index (χ4n) is 3.51. The molecule has 0 bridgehead atoms. The van der Waals surface area contributed by atoms with Crippen LogP contribution in [0.5, 0.6) is 0 Å². The Morgan fingerprint density at radius 1 is 0.938 bits per heavy atom. The number of benzene rings is 1. The van der Waals surface area contributed by atoms with Crippen molar-refractivity contribution in [3.05, 3.63) is 70.9 Å². The molecule has 3 heterocycles. The second-order valence-corrected chi connectivity index (χ2v) is 7.50. The largest absolute Gasteiger partial charge is 0.353 e. The molecule has 1 N–H and O–H groups in total. The summed E-state index contributed by atoms with van der Waals surface area (Å²) in [5.41, 5.74) is 0.583. The van der Waals surface area contributed by atoms with Crippen molar-refractivity contribution in [2.75, 3.05) is 36.4 Å². The number of nitrogens with one attached hydrogen (secondary N) is 1. The van der Waals surface area contributed by atoms with E-state index >= 15 is 0 Å². The standard InChI is InChI=1S/C22H21F3N6O/c1-13-5-6-26-17(11-13)29-18-12-19(28-14(2)27-18)30-7-9-31(10-8-30)22(32)15-3-4-16(23)21(25)20(15)24/h3-6,11-12H,7-10H2,1-2H3,(H,26,27,28,29). The van der Waals surface area contributed by atoms with Gasteiger partial charge in [-0.2, -0.15) is 0 Å². The Labute approximate surface area is 182 Å². The normalized spacial score (nSPS) is 13.9. The number of carbonyl (C=O) groups is 1. The summed E-state index contributed by atoms with van der Waals surface area (Å²) in [4.78, 5) is 29.1. The van der Waals surface area contributed by atoms with Gasteiger partial charge >= 0.3 is 0 Å². The Bertz CT molecular complexity index is 1160. The fourth-order valence-corrected chi connectivity index (χ4v) is 3.51. The monoisotopic (exact) mass is 442 g/mol. The molecule has 166 valence electrons. The molecule has 3 aromatic rings. The molecule has 1 amide bonds. The minimum absolute atomic E-state index is 0.280. The molecule has 0 saturated carbocycles. The maximum absolute atomic E-state index is 14.0. The average molecular weight is 442 g/mol. The number of carbonyl (C=O) groups excluding carboxylic acids is 1. The third kappa shape index (κ3) is 4.48. The van der Waals surface area contributed by atoms with Crippen LogP contribution in [0.1, 0.15) is 21.7 Å². The van der Waals surface area contributed by atoms with E-state index < -0.39 is 28.9 Å². The van der Waals surface area contributed by atoms with Gasteiger partial charge in [-0.3, -0.25) is 4.79 Å². The molecule has 1 aliphatic rings. The van der Waals surface area contributed by atoms with Crippen molar-refractivity contribution >= 4 is 23.4 Å². The molecule has 10 heteroatoms. The zero-order valence-electron chi connectivity index (χ0n) is 17.6. The topological polar surface area (TPSA) is 74.2 Å². The van der Waals surface area contributed by atoms with Gasteiger partial charge in [-0.05, 0) is 43.7 Å². The first-order valence-electron chi connectivity index (χ1n) is 10.0. The Morgan fingerprint density at radius 3 is 2.41 bits per heavy atom. The maximum atomic E-state index is 14.0. The summed E-state index contributed by atoms with van der Waals surface area (Å²) in [5, 5.41) is 3.17. The lowest BCUT2D eigenvalue weighted by atomic mass is 10.1. The fraction of sp³-hybridized carbons (Fsp3) is 0.273. The van der Waals surface area contributed by atoms with Gasteiger partial charge in [0.2, 0.25) is 0 Å². The lowest BCUT2D eigenvalue weighted by Crippen LogP contribution is -2.49. The van der Waals surface area contributed by atoms with Gasteiger partial charge in [0, 0.05) is 38.4 Å². The van der Waals surface area contributed by atoms with E-state index in [1.54, 1.807) is 19.2 Å². The van der Waals surface area contributed by atoms with Gasteiger partial charge in [0.1, 0.15) is 23.3 Å². The summed E-state index contributed by atoms with van der Waals surface area (Å²) < 4.78 is 40.7. The number of piperazine rings is 1. The second kappa shape index (κ2) is 8.81. The first kappa shape index (κ1) is 21.5. The van der Waals surface area contributed by atoms with Gasteiger partial charge in [-0.1, -0.05) is 0 Å². The van der Waals surface area contributed by atoms with E-state index in [1.165, 1.54) is 4.90 Å². The van der Waals surface area contributed by atoms with E-state index in [2.05, 4.69) is 20.3 Å². The number of aromatic nitrogens is 3. The van der Waals surface area contributed by atoms with Crippen LogP contribution in [0.2, 0.25) is 0 Å². The van der Waals surface area contributed by atoms with Crippen molar-refractivity contribution in [3.63, 3.8) is 0 Å². The molecule has 1 fully saturated rings. The van der Waals surface area contributed by atoms with E-state index in [4.69, 9.17) is 0 Å². The highest BCUT2D eigenvalue weighted by atomic mass is 19.2. The van der Waals surface area contributed by atoms with Crippen LogP contribution in [0.3, 0.4) is 0 Å². The summed E-state index contributed by atoms with van der Waals surface area (Å²) in [6, 6.07) is 7.31. The molecule has 4 rings (SSSR count). The number of pyridine rings is 1. The van der Waals surface area contributed by atoms with Crippen molar-refractivity contribution in [1.82, 2.24) is 19.9 Å². The molecule has 1 aliphatic heterocycles. The second-order valence-electron chi connectivity index (χ2n) is 7.50. The smallest absolute Gasteiger partial charge is 0.257 e. The number of hydrogen-bond acceptors (Lipinski definition) is 6. The van der Waals surface area contributed by atoms with Gasteiger partial charge in [-0.15, -0.1) is 0 Å². The predicted octanol–water partition coefficient (Wildman–Crippen LogP) is 3.61. The third-order valence-corrected chi connectivity index (χ3v) is 5.15. The van der Waals surface area contributed by atoms with Crippen LogP contribution in [-0.2, 0) is 0 Å². The first-order chi connectivity index (χ1) is 15.3. The van der Waals surface area contributed by atoms with Crippen LogP contribution < -0.4 is 10.2 Å². The molecule has 0 aliphatic carbocycles. The van der Waals surface area contributed by atoms with Gasteiger partial charge in [-0.25, -0.2) is 28.1 Å². The van der Waals surface area contributed by atoms with Gasteiger partial charge in [0.05, 0.1) is 5.56 Å². The third-order valence-electron chi connectivity index (χ3n) is 5.15. The lowest BCUT2D eigenvalue weighted by molar-refractivity contribution is 0.0740. The van der Waals surface area contributed by atoms with Crippen LogP contribution in [0.25, 0.3) is 0 Å². The molecule has 32 heavy (non-hydrogen) atoms. The number of hydrogen-bond donors (Lipinski definition) is 1. The molecule has 0 spiro atoms. The van der Waals surface area contributed by atoms with Crippen LogP contribution >= 0.6 is 0 Å². The Hall–Kier alpha value is -3.69. The number of aryl methyl sites for hydroxylation is 2. The number of amides is 1. The van der Waals surface area contributed by atoms with Crippen molar-refractivity contribution in [3.8, 4) is 0 Å². The predicted molar refractivity (Wildman–Crippen MR) is 113 cm³/mol. The Kier molecular flexibility index (Phi) is 5.93. The number of rotatable bonds is 4. The summed E-state index contributed by atoms with van der Waals surface area (Å²) in [5.74, 6) is -2.61. The van der Waals surface area contributed by atoms with Crippen LogP contribution in [0, 0.1) is 31.3 Å². The van der Waals surface area contributed by atoms with E-state index in [-0.39, 0.29) is 13.1 Å². The number of halogens is 3. The first-order valence-corrected chi connectivity index (χ1v) is 10.0. The minimum Gasteiger partial charge on any atom is -0.353 e. The Morgan fingerprint density at radius 2 is 1.69 bits per heavy atom. The Balaban J connectivity index is 1.46. The quantitative estimate of drug-likeness (QED) is 0.623. The zero-order chi connectivity index (χ0) is 22.8. The summed E-state index contributed by atoms with van der Waals surface area (Å²) >= 11 is 0. The van der Waals surface area contributed by atoms with Gasteiger partial charge < -0.3 is 15.1 Å². The molecule has 2 aromatic heterocycles. The molecule has 1 aromatic carbocycles. The van der Waals surface area contributed by atoms with Gasteiger partial charge in [0.15, 0.2) is 17.5 Å². The van der Waals surface area contributed by atoms with Crippen molar-refractivity contribution in [2.24, 2.45) is 0 Å². The van der Waals surface area contributed by atoms with Crippen LogP contribution in [-0.4, -0.2) is 51.9 Å². The molecule has 0 atom stereocenters. The van der Waals surface area contributed by atoms with Crippen LogP contribution in [0.15, 0.2) is 36.5 Å². The molecular formula is C22H21F3N6O. The van der Waals surface area contributed by atoms with Crippen molar-refractivity contribution in [1.29, 1.82) is 0 Å². The van der Waals surface area contributed by atoms with Crippen molar-refractivity contribution in [2.45, 2.75) is 13.8 Å². The molecule has 0 unspecified atom stereocenters. The van der Waals surface area contributed by atoms with E-state index in [9.17, 15) is 18.0 Å². The number of anilines is 3. The van der Waals surface area contributed by atoms with E-state index in [0.717, 1.165) is 17.7 Å². The number of nitrogens with zero attached hydrogens (tertiary/aromatic N) is 5. The van der Waals surface area contributed by atoms with Crippen molar-refractivity contribution < 1.29 is 18.0 Å². The summed E-state index contributed by atoms with van der Waals surface area (Å²) in [6.07, 6.45) is 1.71. The highest BCUT2D eigenvalue weighted by Crippen LogP contribution is 2.22. The molecule has 7 nitrogen and oxygen atoms in total. The maximum Gasteiger partial charge on any atom is 0.257 e. The molecule has 0 radical (unpaired) electrons. The highest BCUT2D eigenvalue weighted by molar-refractivity contribution is 5.94. The SMILES string of the molecule is Cc1ccnc(Nc2cc(N3CCN(C(=O)c4ccc(F)c(F)c4F)CC3)nc(C)n2)c1. The van der Waals surface area contributed by atoms with Crippen LogP contribution in [0.4, 0.5) is 30.6 Å². The lowest BCUT2D eigenvalue weighted by Gasteiger charge is -2.35. The van der Waals surface area contributed by atoms with Gasteiger partial charge in [0.25, 0.3) is 5.91 Å². The molecular weight excluding hydrogens is 421 g/mol. The van der Waals surface area contributed by atoms with E-state index in [0.29, 0.717) is 36.4 Å². The highest BCUT2D eigenvalue weighted by Gasteiger charge is 2.27. The zero-order valence-corrected chi connectivity index (χ0v) is 17.6.